The van der Waals surface area contributed by atoms with E-state index in [0.717, 1.165) is 27.7 Å². The van der Waals surface area contributed by atoms with Gasteiger partial charge in [-0.3, -0.25) is 19.2 Å². The van der Waals surface area contributed by atoms with E-state index in [-0.39, 0.29) is 36.6 Å². The standard InChI is InChI=1S/C11H18N2O8.Fe/c1-8(14)18-12(19-9(2)15)6-5-7-13(20-10(3)16)21-11(4)17;/h5-7H2,1-4H3;/q;+3. The Morgan fingerprint density at radius 2 is 0.864 bits per heavy atom. The maximum Gasteiger partial charge on any atom is 3.00 e. The fraction of sp³-hybridized carbons (Fsp3) is 0.636. The molecule has 0 aromatic carbocycles. The second-order valence-corrected chi connectivity index (χ2v) is 3.80. The summed E-state index contributed by atoms with van der Waals surface area (Å²) in [4.78, 5) is 61.8. The van der Waals surface area contributed by atoms with Crippen LogP contribution in [0.25, 0.3) is 0 Å². The van der Waals surface area contributed by atoms with Crippen LogP contribution in [0.3, 0.4) is 0 Å². The van der Waals surface area contributed by atoms with Crippen molar-refractivity contribution in [2.24, 2.45) is 0 Å². The zero-order chi connectivity index (χ0) is 16.4. The third-order valence-corrected chi connectivity index (χ3v) is 1.60. The van der Waals surface area contributed by atoms with Crippen LogP contribution in [0.4, 0.5) is 0 Å². The van der Waals surface area contributed by atoms with E-state index in [2.05, 4.69) is 19.4 Å². The summed E-state index contributed by atoms with van der Waals surface area (Å²) >= 11 is 0. The molecule has 0 heterocycles. The van der Waals surface area contributed by atoms with Crippen molar-refractivity contribution in [2.45, 2.75) is 34.1 Å². The first-order valence-corrected chi connectivity index (χ1v) is 6.00. The molecular formula is C11H18FeN2O8+3. The summed E-state index contributed by atoms with van der Waals surface area (Å²) < 4.78 is 0. The summed E-state index contributed by atoms with van der Waals surface area (Å²) in [5, 5.41) is 1.37. The molecule has 0 saturated carbocycles. The molecule has 0 aliphatic carbocycles. The fourth-order valence-corrected chi connectivity index (χ4v) is 1.12. The van der Waals surface area contributed by atoms with E-state index in [1.165, 1.54) is 0 Å². The molecule has 0 N–H and O–H groups in total. The predicted octanol–water partition coefficient (Wildman–Crippen LogP) is -0.110. The average Bonchev–Trinajstić information content (AvgIpc) is 2.24. The second-order valence-electron chi connectivity index (χ2n) is 3.80. The van der Waals surface area contributed by atoms with Gasteiger partial charge in [0, 0.05) is 38.1 Å². The largest absolute Gasteiger partial charge is 3.00 e. The van der Waals surface area contributed by atoms with Crippen molar-refractivity contribution in [1.29, 1.82) is 0 Å². The number of carbonyl (C=O) groups is 4. The van der Waals surface area contributed by atoms with Crippen LogP contribution >= 0.6 is 0 Å². The predicted molar refractivity (Wildman–Crippen MR) is 65.1 cm³/mol. The number of carbonyl (C=O) groups excluding carboxylic acids is 4. The molecule has 0 rings (SSSR count). The van der Waals surface area contributed by atoms with Crippen molar-refractivity contribution >= 4 is 23.9 Å². The van der Waals surface area contributed by atoms with Crippen LogP contribution < -0.4 is 0 Å². The van der Waals surface area contributed by atoms with E-state index in [0.29, 0.717) is 10.5 Å². The topological polar surface area (TPSA) is 112 Å². The number of nitrogens with zero attached hydrogens (tertiary/aromatic N) is 2. The van der Waals surface area contributed by atoms with Gasteiger partial charge in [-0.2, -0.15) is 0 Å². The SMILES string of the molecule is CC(=O)ON(CCCN(OC(C)=O)OC(C)=O)OC(C)=O.[Fe+3]. The maximum atomic E-state index is 10.8. The number of hydroxylamine groups is 4. The first-order chi connectivity index (χ1) is 9.70. The van der Waals surface area contributed by atoms with Gasteiger partial charge in [0.2, 0.25) is 0 Å². The minimum Gasteiger partial charge on any atom is -0.333 e. The summed E-state index contributed by atoms with van der Waals surface area (Å²) in [6.45, 7) is 4.53. The van der Waals surface area contributed by atoms with Crippen LogP contribution in [0, 0.1) is 0 Å². The Balaban J connectivity index is 0. The molecule has 0 bridgehead atoms. The van der Waals surface area contributed by atoms with E-state index in [9.17, 15) is 19.2 Å². The van der Waals surface area contributed by atoms with Gasteiger partial charge in [-0.1, -0.05) is 0 Å². The van der Waals surface area contributed by atoms with Gasteiger partial charge in [0.1, 0.15) is 0 Å². The molecule has 0 spiro atoms. The Morgan fingerprint density at radius 3 is 1.05 bits per heavy atom. The Labute approximate surface area is 137 Å². The van der Waals surface area contributed by atoms with Gasteiger partial charge in [-0.15, -0.1) is 0 Å². The van der Waals surface area contributed by atoms with Gasteiger partial charge in [0.05, 0.1) is 13.1 Å². The molecule has 0 aromatic heterocycles. The van der Waals surface area contributed by atoms with Gasteiger partial charge in [0.15, 0.2) is 0 Å². The first kappa shape index (κ1) is 22.6. The molecule has 0 fully saturated rings. The van der Waals surface area contributed by atoms with Crippen LogP contribution in [0.2, 0.25) is 0 Å². The van der Waals surface area contributed by atoms with Crippen LogP contribution in [0.5, 0.6) is 0 Å². The molecule has 1 radical (unpaired) electrons. The summed E-state index contributed by atoms with van der Waals surface area (Å²) in [7, 11) is 0. The van der Waals surface area contributed by atoms with E-state index < -0.39 is 23.9 Å². The zero-order valence-electron chi connectivity index (χ0n) is 12.6. The van der Waals surface area contributed by atoms with Crippen molar-refractivity contribution in [3.63, 3.8) is 0 Å². The molecule has 0 aliphatic rings. The molecule has 0 atom stereocenters. The van der Waals surface area contributed by atoms with Gasteiger partial charge in [-0.05, 0) is 6.42 Å². The summed E-state index contributed by atoms with van der Waals surface area (Å²) in [6.07, 6.45) is 0.196. The molecular weight excluding hydrogens is 344 g/mol. The number of hydrogen-bond donors (Lipinski definition) is 0. The number of rotatable bonds is 8. The van der Waals surface area contributed by atoms with E-state index in [1.807, 2.05) is 0 Å². The Morgan fingerprint density at radius 1 is 0.636 bits per heavy atom. The molecule has 0 aliphatic heterocycles. The summed E-state index contributed by atoms with van der Waals surface area (Å²) in [6, 6.07) is 0. The minimum atomic E-state index is -0.673. The van der Waals surface area contributed by atoms with E-state index >= 15 is 0 Å². The van der Waals surface area contributed by atoms with Gasteiger partial charge >= 0.3 is 40.9 Å². The van der Waals surface area contributed by atoms with Crippen LogP contribution in [0.15, 0.2) is 0 Å². The smallest absolute Gasteiger partial charge is 0.333 e. The van der Waals surface area contributed by atoms with Crippen molar-refractivity contribution in [3.05, 3.63) is 0 Å². The average molecular weight is 362 g/mol. The van der Waals surface area contributed by atoms with Crippen molar-refractivity contribution in [3.8, 4) is 0 Å². The Bertz CT molecular complexity index is 336. The quantitative estimate of drug-likeness (QED) is 0.428. The zero-order valence-corrected chi connectivity index (χ0v) is 13.7. The number of hydrogen-bond acceptors (Lipinski definition) is 10. The molecule has 125 valence electrons. The molecule has 22 heavy (non-hydrogen) atoms. The monoisotopic (exact) mass is 362 g/mol. The van der Waals surface area contributed by atoms with Crippen molar-refractivity contribution in [1.82, 2.24) is 10.5 Å². The van der Waals surface area contributed by atoms with Crippen LogP contribution in [-0.2, 0) is 55.6 Å². The van der Waals surface area contributed by atoms with Gasteiger partial charge in [-0.25, -0.2) is 0 Å². The third kappa shape index (κ3) is 13.3. The Kier molecular flexibility index (Phi) is 12.2. The van der Waals surface area contributed by atoms with Crippen LogP contribution in [0.1, 0.15) is 34.1 Å². The summed E-state index contributed by atoms with van der Waals surface area (Å²) in [5.41, 5.74) is 0. The maximum absolute atomic E-state index is 10.8. The van der Waals surface area contributed by atoms with Crippen LogP contribution in [-0.4, -0.2) is 47.4 Å². The second kappa shape index (κ2) is 11.9. The molecule has 10 nitrogen and oxygen atoms in total. The van der Waals surface area contributed by atoms with Crippen molar-refractivity contribution in [2.75, 3.05) is 13.1 Å². The molecule has 0 aromatic rings. The third-order valence-electron chi connectivity index (χ3n) is 1.60. The molecule has 0 saturated heterocycles. The van der Waals surface area contributed by atoms with E-state index in [1.54, 1.807) is 0 Å². The molecule has 0 amide bonds. The van der Waals surface area contributed by atoms with Gasteiger partial charge in [0.25, 0.3) is 0 Å². The fourth-order valence-electron chi connectivity index (χ4n) is 1.12. The normalized spacial score (nSPS) is 9.73. The Hall–Kier alpha value is -1.68. The van der Waals surface area contributed by atoms with E-state index in [4.69, 9.17) is 0 Å². The van der Waals surface area contributed by atoms with Gasteiger partial charge < -0.3 is 19.4 Å². The first-order valence-electron chi connectivity index (χ1n) is 6.00. The van der Waals surface area contributed by atoms with Crippen molar-refractivity contribution < 1.29 is 55.6 Å². The molecule has 11 heteroatoms. The minimum absolute atomic E-state index is 0. The summed E-state index contributed by atoms with van der Waals surface area (Å²) in [5.74, 6) is -2.69. The molecule has 0 unspecified atom stereocenters.